The van der Waals surface area contributed by atoms with Gasteiger partial charge in [-0.05, 0) is 0 Å². The highest BCUT2D eigenvalue weighted by Crippen LogP contribution is 2.28. The van der Waals surface area contributed by atoms with Crippen molar-refractivity contribution in [3.63, 3.8) is 0 Å². The Hall–Kier alpha value is -1.37. The van der Waals surface area contributed by atoms with Gasteiger partial charge in [-0.15, -0.1) is 0 Å². The molecule has 1 N–H and O–H groups in total. The number of nitrogens with one attached hydrogen (secondary N) is 1. The summed E-state index contributed by atoms with van der Waals surface area (Å²) in [4.78, 5) is 12.9. The van der Waals surface area contributed by atoms with Gasteiger partial charge in [-0.25, -0.2) is 0 Å². The fraction of sp³-hybridized carbons (Fsp3) is 0.583. The van der Waals surface area contributed by atoms with Crippen LogP contribution in [0.1, 0.15) is 0 Å². The molecular formula is C12H18N2O4. The molecule has 6 nitrogen and oxygen atoms in total. The van der Waals surface area contributed by atoms with Crippen LogP contribution >= 0.6 is 0 Å². The Morgan fingerprint density at radius 1 is 1.61 bits per heavy atom. The number of hydrogen-bond donors (Lipinski definition) is 1. The number of hydrogen-bond acceptors (Lipinski definition) is 5. The van der Waals surface area contributed by atoms with Gasteiger partial charge in [-0.2, -0.15) is 0 Å². The van der Waals surface area contributed by atoms with E-state index in [2.05, 4.69) is 11.9 Å². The van der Waals surface area contributed by atoms with Crippen LogP contribution in [0, 0.1) is 5.92 Å². The maximum absolute atomic E-state index is 11.2. The molecule has 0 spiro atoms. The van der Waals surface area contributed by atoms with Crippen LogP contribution in [0.4, 0.5) is 0 Å². The van der Waals surface area contributed by atoms with E-state index in [0.29, 0.717) is 19.0 Å². The first kappa shape index (κ1) is 13.1. The summed E-state index contributed by atoms with van der Waals surface area (Å²) < 4.78 is 16.4. The Balaban J connectivity index is 2.11. The molecule has 2 aliphatic rings. The zero-order valence-electron chi connectivity index (χ0n) is 10.6. The molecule has 2 heterocycles. The number of ether oxygens (including phenoxy) is 3. The smallest absolute Gasteiger partial charge is 0.250 e. The van der Waals surface area contributed by atoms with E-state index in [0.717, 1.165) is 0 Å². The lowest BCUT2D eigenvalue weighted by atomic mass is 10.1. The summed E-state index contributed by atoms with van der Waals surface area (Å²) in [7, 11) is 3.30. The van der Waals surface area contributed by atoms with Gasteiger partial charge in [0.05, 0.1) is 13.2 Å². The van der Waals surface area contributed by atoms with E-state index in [1.807, 2.05) is 0 Å². The van der Waals surface area contributed by atoms with Crippen molar-refractivity contribution in [3.8, 4) is 0 Å². The Bertz CT molecular complexity index is 369. The Labute approximate surface area is 106 Å². The van der Waals surface area contributed by atoms with Crippen LogP contribution in [-0.4, -0.2) is 50.6 Å². The third-order valence-corrected chi connectivity index (χ3v) is 3.12. The molecule has 18 heavy (non-hydrogen) atoms. The maximum Gasteiger partial charge on any atom is 0.250 e. The largest absolute Gasteiger partial charge is 0.384 e. The van der Waals surface area contributed by atoms with Crippen LogP contribution in [0.25, 0.3) is 0 Å². The predicted octanol–water partition coefficient (Wildman–Crippen LogP) is 0.0370. The van der Waals surface area contributed by atoms with Crippen LogP contribution in [0.15, 0.2) is 24.7 Å². The minimum Gasteiger partial charge on any atom is -0.384 e. The standard InChI is InChI=1S/C12H18N2O4/c1-8-13-10(15)4-5-14(8)12-11(17-3)9(6-16-2)7-18-12/h4-5,9,11-12H,1,6-7H2,2-3H3,(H,13,15)/t9-,11+,12+/m0/s1. The fourth-order valence-electron chi connectivity index (χ4n) is 2.27. The number of nitrogens with zero attached hydrogens (tertiary/aromatic N) is 1. The van der Waals surface area contributed by atoms with Gasteiger partial charge in [0.15, 0.2) is 6.23 Å². The summed E-state index contributed by atoms with van der Waals surface area (Å²) in [6.07, 6.45) is 2.68. The number of carbonyl (C=O) groups excluding carboxylic acids is 1. The fourth-order valence-corrected chi connectivity index (χ4v) is 2.27. The SMILES string of the molecule is C=C1NC(=O)C=CN1[C@@H]1OC[C@H](COC)[C@H]1OC. The topological polar surface area (TPSA) is 60.0 Å². The third-order valence-electron chi connectivity index (χ3n) is 3.12. The number of rotatable bonds is 4. The average Bonchev–Trinajstić information content (AvgIpc) is 2.72. The molecular weight excluding hydrogens is 236 g/mol. The maximum atomic E-state index is 11.2. The second-order valence-corrected chi connectivity index (χ2v) is 4.30. The van der Waals surface area contributed by atoms with Crippen molar-refractivity contribution >= 4 is 5.91 Å². The second-order valence-electron chi connectivity index (χ2n) is 4.30. The van der Waals surface area contributed by atoms with Crippen molar-refractivity contribution in [2.45, 2.75) is 12.3 Å². The molecule has 2 rings (SSSR count). The van der Waals surface area contributed by atoms with Crippen LogP contribution < -0.4 is 5.32 Å². The van der Waals surface area contributed by atoms with Crippen molar-refractivity contribution in [3.05, 3.63) is 24.7 Å². The molecule has 1 saturated heterocycles. The second kappa shape index (κ2) is 5.51. The lowest BCUT2D eigenvalue weighted by Gasteiger charge is -2.34. The highest BCUT2D eigenvalue weighted by molar-refractivity contribution is 5.89. The van der Waals surface area contributed by atoms with Crippen LogP contribution in [-0.2, 0) is 19.0 Å². The van der Waals surface area contributed by atoms with Gasteiger partial charge in [0.1, 0.15) is 11.9 Å². The highest BCUT2D eigenvalue weighted by Gasteiger charge is 2.41. The van der Waals surface area contributed by atoms with Gasteiger partial charge in [0.2, 0.25) is 0 Å². The first-order chi connectivity index (χ1) is 8.67. The van der Waals surface area contributed by atoms with Gasteiger partial charge in [-0.3, -0.25) is 4.79 Å². The first-order valence-electron chi connectivity index (χ1n) is 5.77. The molecule has 0 unspecified atom stereocenters. The van der Waals surface area contributed by atoms with Gasteiger partial charge >= 0.3 is 0 Å². The molecule has 0 aliphatic carbocycles. The lowest BCUT2D eigenvalue weighted by molar-refractivity contribution is -0.118. The summed E-state index contributed by atoms with van der Waals surface area (Å²) >= 11 is 0. The van der Waals surface area contributed by atoms with Gasteiger partial charge < -0.3 is 24.4 Å². The zero-order valence-corrected chi connectivity index (χ0v) is 10.6. The zero-order chi connectivity index (χ0) is 13.1. The van der Waals surface area contributed by atoms with Crippen molar-refractivity contribution in [1.29, 1.82) is 0 Å². The van der Waals surface area contributed by atoms with Crippen molar-refractivity contribution in [1.82, 2.24) is 10.2 Å². The van der Waals surface area contributed by atoms with E-state index in [4.69, 9.17) is 14.2 Å². The van der Waals surface area contributed by atoms with Crippen molar-refractivity contribution < 1.29 is 19.0 Å². The van der Waals surface area contributed by atoms with Gasteiger partial charge in [0, 0.05) is 32.4 Å². The van der Waals surface area contributed by atoms with E-state index in [1.54, 1.807) is 25.3 Å². The Morgan fingerprint density at radius 3 is 3.00 bits per heavy atom. The molecule has 0 radical (unpaired) electrons. The number of carbonyl (C=O) groups is 1. The normalized spacial score (nSPS) is 31.9. The molecule has 2 aliphatic heterocycles. The molecule has 0 bridgehead atoms. The summed E-state index contributed by atoms with van der Waals surface area (Å²) in [6, 6.07) is 0. The monoisotopic (exact) mass is 254 g/mol. The lowest BCUT2D eigenvalue weighted by Crippen LogP contribution is -2.46. The summed E-state index contributed by atoms with van der Waals surface area (Å²) in [5.41, 5.74) is 0. The Morgan fingerprint density at radius 2 is 2.39 bits per heavy atom. The quantitative estimate of drug-likeness (QED) is 0.767. The van der Waals surface area contributed by atoms with Crippen LogP contribution in [0.3, 0.4) is 0 Å². The molecule has 0 aromatic rings. The minimum atomic E-state index is -0.292. The van der Waals surface area contributed by atoms with E-state index in [9.17, 15) is 4.79 Å². The van der Waals surface area contributed by atoms with E-state index >= 15 is 0 Å². The average molecular weight is 254 g/mol. The summed E-state index contributed by atoms with van der Waals surface area (Å²) in [5.74, 6) is 0.480. The Kier molecular flexibility index (Phi) is 4.00. The molecule has 0 aromatic heterocycles. The van der Waals surface area contributed by atoms with E-state index in [-0.39, 0.29) is 24.2 Å². The van der Waals surface area contributed by atoms with E-state index in [1.165, 1.54) is 6.08 Å². The molecule has 1 fully saturated rings. The van der Waals surface area contributed by atoms with Crippen molar-refractivity contribution in [2.75, 3.05) is 27.4 Å². The molecule has 1 amide bonds. The first-order valence-corrected chi connectivity index (χ1v) is 5.77. The molecule has 0 saturated carbocycles. The predicted molar refractivity (Wildman–Crippen MR) is 64.2 cm³/mol. The van der Waals surface area contributed by atoms with Gasteiger partial charge in [-0.1, -0.05) is 6.58 Å². The molecule has 100 valence electrons. The third kappa shape index (κ3) is 2.40. The molecule has 3 atom stereocenters. The van der Waals surface area contributed by atoms with E-state index < -0.39 is 0 Å². The highest BCUT2D eigenvalue weighted by atomic mass is 16.6. The molecule has 0 aromatic carbocycles. The van der Waals surface area contributed by atoms with Gasteiger partial charge in [0.25, 0.3) is 5.91 Å². The summed E-state index contributed by atoms with van der Waals surface area (Å²) in [6.45, 7) is 4.94. The number of amides is 1. The number of methoxy groups -OCH3 is 2. The van der Waals surface area contributed by atoms with Crippen molar-refractivity contribution in [2.24, 2.45) is 5.92 Å². The van der Waals surface area contributed by atoms with Crippen LogP contribution in [0.2, 0.25) is 0 Å². The van der Waals surface area contributed by atoms with Crippen LogP contribution in [0.5, 0.6) is 0 Å². The summed E-state index contributed by atoms with van der Waals surface area (Å²) in [5, 5.41) is 2.64. The molecule has 6 heteroatoms. The minimum absolute atomic E-state index is 0.124.